The third-order valence-electron chi connectivity index (χ3n) is 6.89. The second-order valence-electron chi connectivity index (χ2n) is 8.23. The van der Waals surface area contributed by atoms with Gasteiger partial charge in [-0.25, -0.2) is 0 Å². The predicted molar refractivity (Wildman–Crippen MR) is 108 cm³/mol. The second kappa shape index (κ2) is 6.33. The van der Waals surface area contributed by atoms with Gasteiger partial charge in [-0.05, 0) is 34.4 Å². The van der Waals surface area contributed by atoms with Crippen LogP contribution in [0.25, 0.3) is 6.08 Å². The molecule has 1 spiro atoms. The molecule has 2 aromatic rings. The summed E-state index contributed by atoms with van der Waals surface area (Å²) in [6, 6.07) is 15.7. The topological polar surface area (TPSA) is 24.7 Å². The molecule has 3 aliphatic rings. The molecule has 134 valence electrons. The van der Waals surface area contributed by atoms with E-state index in [1.54, 1.807) is 4.90 Å². The Hall–Kier alpha value is -1.42. The number of hydrogen-bond donors (Lipinski definition) is 2. The zero-order valence-corrected chi connectivity index (χ0v) is 16.5. The number of likely N-dealkylation sites (tertiary alicyclic amines) is 1. The average molecular weight is 411 g/mol. The number of allylic oxidation sites excluding steroid dienone is 1. The normalized spacial score (nSPS) is 32.5. The minimum Gasteiger partial charge on any atom is -0.387 e. The second-order valence-corrected chi connectivity index (χ2v) is 9.15. The van der Waals surface area contributed by atoms with E-state index >= 15 is 0 Å². The van der Waals surface area contributed by atoms with Crippen molar-refractivity contribution in [3.8, 4) is 0 Å². The quantitative estimate of drug-likeness (QED) is 0.741. The molecule has 2 atom stereocenters. The van der Waals surface area contributed by atoms with Crippen molar-refractivity contribution in [1.29, 1.82) is 0 Å². The molecule has 2 nitrogen and oxygen atoms in total. The Morgan fingerprint density at radius 2 is 1.73 bits per heavy atom. The number of rotatable bonds is 1. The van der Waals surface area contributed by atoms with E-state index in [4.69, 9.17) is 0 Å². The maximum absolute atomic E-state index is 10.8. The van der Waals surface area contributed by atoms with Crippen LogP contribution in [0.1, 0.15) is 35.1 Å². The predicted octanol–water partition coefficient (Wildman–Crippen LogP) is 2.92. The van der Waals surface area contributed by atoms with Gasteiger partial charge in [-0.3, -0.25) is 0 Å². The molecule has 26 heavy (non-hydrogen) atoms. The summed E-state index contributed by atoms with van der Waals surface area (Å²) in [6.45, 7) is 2.29. The van der Waals surface area contributed by atoms with Crippen LogP contribution in [0, 0.1) is 0 Å². The zero-order valence-electron chi connectivity index (χ0n) is 14.9. The molecule has 0 amide bonds. The molecule has 0 saturated carbocycles. The molecule has 5 rings (SSSR count). The number of fused-ring (bicyclic) bond motifs is 3. The fourth-order valence-electron chi connectivity index (χ4n) is 5.40. The summed E-state index contributed by atoms with van der Waals surface area (Å²) in [5, 5.41) is 10.8. The smallest absolute Gasteiger partial charge is 0.118 e. The molecular weight excluding hydrogens is 386 g/mol. The number of halogens is 1. The summed E-state index contributed by atoms with van der Waals surface area (Å²) < 4.78 is 1.16. The van der Waals surface area contributed by atoms with Crippen LogP contribution < -0.4 is 4.90 Å². The van der Waals surface area contributed by atoms with Gasteiger partial charge in [0, 0.05) is 35.6 Å². The van der Waals surface area contributed by atoms with Gasteiger partial charge in [0.25, 0.3) is 0 Å². The van der Waals surface area contributed by atoms with Gasteiger partial charge >= 0.3 is 0 Å². The summed E-state index contributed by atoms with van der Waals surface area (Å²) in [5.74, 6) is 0. The standard InChI is InChI=1S/C23H24BrNO/c24-19-5-6-20-18(13-19)7-8-23(20)9-11-25(12-10-23)21-14-16-3-1-2-4-17(16)15-22(21)26/h1-8,13,21-22,26H,9-12,14-15H2/p+1/t21-,22-/m1/s1. The van der Waals surface area contributed by atoms with E-state index in [2.05, 4.69) is 70.5 Å². The third kappa shape index (κ3) is 2.69. The molecule has 3 heteroatoms. The first kappa shape index (κ1) is 16.7. The lowest BCUT2D eigenvalue weighted by Gasteiger charge is -2.42. The summed E-state index contributed by atoms with van der Waals surface area (Å²) >= 11 is 3.59. The van der Waals surface area contributed by atoms with Crippen LogP contribution in [-0.2, 0) is 18.3 Å². The summed E-state index contributed by atoms with van der Waals surface area (Å²) in [6.07, 6.45) is 8.71. The van der Waals surface area contributed by atoms with Gasteiger partial charge in [-0.1, -0.05) is 58.4 Å². The lowest BCUT2D eigenvalue weighted by atomic mass is 9.73. The molecule has 1 fully saturated rings. The van der Waals surface area contributed by atoms with Crippen LogP contribution in [0.5, 0.6) is 0 Å². The van der Waals surface area contributed by atoms with Gasteiger partial charge in [-0.15, -0.1) is 0 Å². The van der Waals surface area contributed by atoms with E-state index in [9.17, 15) is 5.11 Å². The van der Waals surface area contributed by atoms with E-state index in [1.807, 2.05) is 0 Å². The molecule has 1 heterocycles. The highest BCUT2D eigenvalue weighted by molar-refractivity contribution is 9.10. The zero-order chi connectivity index (χ0) is 17.7. The van der Waals surface area contributed by atoms with Crippen LogP contribution in [0.15, 0.2) is 53.0 Å². The van der Waals surface area contributed by atoms with Gasteiger partial charge in [0.15, 0.2) is 0 Å². The van der Waals surface area contributed by atoms with Gasteiger partial charge < -0.3 is 10.0 Å². The monoisotopic (exact) mass is 410 g/mol. The first-order valence-electron chi connectivity index (χ1n) is 9.73. The summed E-state index contributed by atoms with van der Waals surface area (Å²) in [4.78, 5) is 1.59. The molecule has 1 saturated heterocycles. The molecule has 0 unspecified atom stereocenters. The SMILES string of the molecule is O[C@@H]1Cc2ccccc2C[C@H]1[NH+]1CCC2(C=Cc3cc(Br)ccc32)CC1. The molecule has 1 aliphatic heterocycles. The Morgan fingerprint density at radius 1 is 1.00 bits per heavy atom. The number of quaternary nitrogens is 1. The molecular formula is C23H25BrNO+. The van der Waals surface area contributed by atoms with Crippen molar-refractivity contribution >= 4 is 22.0 Å². The Morgan fingerprint density at radius 3 is 2.50 bits per heavy atom. The van der Waals surface area contributed by atoms with Gasteiger partial charge in [0.2, 0.25) is 0 Å². The minimum atomic E-state index is -0.212. The Labute approximate surface area is 163 Å². The molecule has 0 aromatic heterocycles. The van der Waals surface area contributed by atoms with Crippen LogP contribution in [0.3, 0.4) is 0 Å². The van der Waals surface area contributed by atoms with Crippen LogP contribution >= 0.6 is 15.9 Å². The van der Waals surface area contributed by atoms with Crippen molar-refractivity contribution in [3.63, 3.8) is 0 Å². The lowest BCUT2D eigenvalue weighted by Crippen LogP contribution is -3.18. The highest BCUT2D eigenvalue weighted by Crippen LogP contribution is 2.42. The van der Waals surface area contributed by atoms with Crippen LogP contribution in [-0.4, -0.2) is 30.3 Å². The molecule has 2 aromatic carbocycles. The third-order valence-corrected chi connectivity index (χ3v) is 7.39. The lowest BCUT2D eigenvalue weighted by molar-refractivity contribution is -0.935. The number of nitrogens with one attached hydrogen (secondary N) is 1. The van der Waals surface area contributed by atoms with E-state index in [1.165, 1.54) is 35.1 Å². The number of benzene rings is 2. The maximum atomic E-state index is 10.8. The molecule has 0 bridgehead atoms. The van der Waals surface area contributed by atoms with Crippen molar-refractivity contribution in [2.75, 3.05) is 13.1 Å². The van der Waals surface area contributed by atoms with E-state index in [-0.39, 0.29) is 11.5 Å². The molecule has 2 N–H and O–H groups in total. The number of aliphatic hydroxyl groups excluding tert-OH is 1. The van der Waals surface area contributed by atoms with Crippen molar-refractivity contribution in [3.05, 3.63) is 75.3 Å². The largest absolute Gasteiger partial charge is 0.387 e. The first-order valence-corrected chi connectivity index (χ1v) is 10.5. The molecule has 2 aliphatic carbocycles. The Bertz CT molecular complexity index is 866. The fraction of sp³-hybridized carbons (Fsp3) is 0.391. The fourth-order valence-corrected chi connectivity index (χ4v) is 5.78. The van der Waals surface area contributed by atoms with Crippen LogP contribution in [0.4, 0.5) is 0 Å². The highest BCUT2D eigenvalue weighted by Gasteiger charge is 2.43. The number of aliphatic hydroxyl groups is 1. The van der Waals surface area contributed by atoms with E-state index in [0.29, 0.717) is 6.04 Å². The Balaban J connectivity index is 1.34. The van der Waals surface area contributed by atoms with Crippen molar-refractivity contribution < 1.29 is 10.0 Å². The van der Waals surface area contributed by atoms with Crippen molar-refractivity contribution in [2.45, 2.75) is 43.2 Å². The van der Waals surface area contributed by atoms with Gasteiger partial charge in [0.1, 0.15) is 12.1 Å². The number of hydrogen-bond acceptors (Lipinski definition) is 1. The van der Waals surface area contributed by atoms with Crippen molar-refractivity contribution in [1.82, 2.24) is 0 Å². The average Bonchev–Trinajstić information content (AvgIpc) is 2.99. The van der Waals surface area contributed by atoms with Gasteiger partial charge in [-0.2, -0.15) is 0 Å². The van der Waals surface area contributed by atoms with E-state index in [0.717, 1.165) is 30.4 Å². The van der Waals surface area contributed by atoms with Gasteiger partial charge in [0.05, 0.1) is 13.1 Å². The van der Waals surface area contributed by atoms with E-state index < -0.39 is 0 Å². The first-order chi connectivity index (χ1) is 12.6. The Kier molecular flexibility index (Phi) is 4.07. The van der Waals surface area contributed by atoms with Crippen molar-refractivity contribution in [2.24, 2.45) is 0 Å². The summed E-state index contributed by atoms with van der Waals surface area (Å²) in [7, 11) is 0. The minimum absolute atomic E-state index is 0.212. The van der Waals surface area contributed by atoms with Crippen LogP contribution in [0.2, 0.25) is 0 Å². The number of piperidine rings is 1. The highest BCUT2D eigenvalue weighted by atomic mass is 79.9. The maximum Gasteiger partial charge on any atom is 0.118 e. The molecule has 0 radical (unpaired) electrons. The summed E-state index contributed by atoms with van der Waals surface area (Å²) in [5.41, 5.74) is 5.86.